The summed E-state index contributed by atoms with van der Waals surface area (Å²) in [4.78, 5) is 12.9. The molecule has 2 aromatic carbocycles. The number of aryl methyl sites for hydroxylation is 1. The van der Waals surface area contributed by atoms with E-state index in [-0.39, 0.29) is 6.42 Å². The topological polar surface area (TPSA) is 75.7 Å². The van der Waals surface area contributed by atoms with Crippen molar-refractivity contribution in [2.75, 3.05) is 23.0 Å². The smallest absolute Gasteiger partial charge is 0.248 e. The van der Waals surface area contributed by atoms with E-state index in [1.807, 2.05) is 0 Å². The number of carbonyl (C=O) groups is 1. The molecule has 0 saturated heterocycles. The molecule has 0 aromatic heterocycles. The summed E-state index contributed by atoms with van der Waals surface area (Å²) in [6.45, 7) is 3.53. The van der Waals surface area contributed by atoms with Gasteiger partial charge < -0.3 is 10.1 Å². The fourth-order valence-corrected chi connectivity index (χ4v) is 4.21. The number of benzene rings is 2. The van der Waals surface area contributed by atoms with Gasteiger partial charge in [0, 0.05) is 16.8 Å². The van der Waals surface area contributed by atoms with E-state index < -0.39 is 22.0 Å². The van der Waals surface area contributed by atoms with Crippen molar-refractivity contribution < 1.29 is 17.9 Å². The molecule has 0 spiro atoms. The lowest BCUT2D eigenvalue weighted by Gasteiger charge is -2.31. The lowest BCUT2D eigenvalue weighted by Crippen LogP contribution is -2.47. The highest BCUT2D eigenvalue weighted by atomic mass is 35.5. The van der Waals surface area contributed by atoms with Gasteiger partial charge in [-0.2, -0.15) is 0 Å². The molecule has 0 fully saturated rings. The Balaban J connectivity index is 2.43. The van der Waals surface area contributed by atoms with Crippen LogP contribution in [-0.4, -0.2) is 33.7 Å². The highest BCUT2D eigenvalue weighted by Crippen LogP contribution is 2.29. The van der Waals surface area contributed by atoms with Crippen LogP contribution in [0.2, 0.25) is 5.02 Å². The monoisotopic (exact) mass is 410 g/mol. The van der Waals surface area contributed by atoms with Gasteiger partial charge in [0.1, 0.15) is 11.8 Å². The first-order valence-electron chi connectivity index (χ1n) is 8.37. The average molecular weight is 411 g/mol. The average Bonchev–Trinajstić information content (AvgIpc) is 2.61. The second-order valence-corrected chi connectivity index (χ2v) is 8.43. The molecule has 0 aliphatic carbocycles. The van der Waals surface area contributed by atoms with Crippen molar-refractivity contribution in [2.24, 2.45) is 0 Å². The Morgan fingerprint density at radius 1 is 1.26 bits per heavy atom. The zero-order valence-electron chi connectivity index (χ0n) is 15.7. The lowest BCUT2D eigenvalue weighted by atomic mass is 10.1. The molecule has 1 amide bonds. The van der Waals surface area contributed by atoms with Crippen molar-refractivity contribution in [3.05, 3.63) is 53.1 Å². The third kappa shape index (κ3) is 5.14. The van der Waals surface area contributed by atoms with Gasteiger partial charge in [0.05, 0.1) is 19.1 Å². The Kier molecular flexibility index (Phi) is 6.73. The third-order valence-electron chi connectivity index (χ3n) is 4.08. The molecular formula is C19H23ClN2O4S. The Morgan fingerprint density at radius 3 is 2.56 bits per heavy atom. The van der Waals surface area contributed by atoms with Crippen LogP contribution in [0.15, 0.2) is 42.5 Å². The number of nitrogens with zero attached hydrogens (tertiary/aromatic N) is 1. The second-order valence-electron chi connectivity index (χ2n) is 6.13. The first-order chi connectivity index (χ1) is 12.7. The maximum atomic E-state index is 12.9. The molecule has 0 saturated carbocycles. The molecule has 2 aromatic rings. The molecule has 0 heterocycles. The number of hydrogen-bond donors (Lipinski definition) is 1. The van der Waals surface area contributed by atoms with Crippen LogP contribution in [-0.2, 0) is 14.8 Å². The van der Waals surface area contributed by atoms with Gasteiger partial charge in [0.2, 0.25) is 15.9 Å². The predicted octanol–water partition coefficient (Wildman–Crippen LogP) is 3.84. The van der Waals surface area contributed by atoms with Crippen LogP contribution < -0.4 is 14.4 Å². The number of methoxy groups -OCH3 is 1. The quantitative estimate of drug-likeness (QED) is 0.752. The van der Waals surface area contributed by atoms with Crippen LogP contribution in [0.3, 0.4) is 0 Å². The van der Waals surface area contributed by atoms with Gasteiger partial charge >= 0.3 is 0 Å². The van der Waals surface area contributed by atoms with Crippen molar-refractivity contribution in [3.8, 4) is 5.75 Å². The maximum Gasteiger partial charge on any atom is 0.248 e. The maximum absolute atomic E-state index is 12.9. The fraction of sp³-hybridized carbons (Fsp3) is 0.316. The summed E-state index contributed by atoms with van der Waals surface area (Å²) < 4.78 is 31.4. The van der Waals surface area contributed by atoms with Crippen molar-refractivity contribution in [2.45, 2.75) is 26.3 Å². The van der Waals surface area contributed by atoms with Gasteiger partial charge in [-0.1, -0.05) is 30.7 Å². The highest BCUT2D eigenvalue weighted by molar-refractivity contribution is 7.92. The number of rotatable bonds is 7. The third-order valence-corrected chi connectivity index (χ3v) is 5.48. The van der Waals surface area contributed by atoms with Crippen molar-refractivity contribution in [3.63, 3.8) is 0 Å². The minimum Gasteiger partial charge on any atom is -0.497 e. The number of ether oxygens (including phenoxy) is 1. The van der Waals surface area contributed by atoms with E-state index in [9.17, 15) is 13.2 Å². The van der Waals surface area contributed by atoms with Crippen LogP contribution in [0.25, 0.3) is 0 Å². The summed E-state index contributed by atoms with van der Waals surface area (Å²) in [5.41, 5.74) is 1.61. The van der Waals surface area contributed by atoms with Gasteiger partial charge in [-0.3, -0.25) is 9.10 Å². The number of amides is 1. The van der Waals surface area contributed by atoms with E-state index in [1.54, 1.807) is 56.3 Å². The lowest BCUT2D eigenvalue weighted by molar-refractivity contribution is -0.117. The summed E-state index contributed by atoms with van der Waals surface area (Å²) in [6, 6.07) is 10.9. The van der Waals surface area contributed by atoms with Gasteiger partial charge in [0.15, 0.2) is 0 Å². The van der Waals surface area contributed by atoms with E-state index in [4.69, 9.17) is 16.3 Å². The molecule has 0 bridgehead atoms. The minimum absolute atomic E-state index is 0.287. The van der Waals surface area contributed by atoms with E-state index in [2.05, 4.69) is 5.32 Å². The standard InChI is InChI=1S/C19H23ClN2O4S/c1-5-17(19(23)21-15-7-6-8-16(12-15)26-3)22(27(4,24)25)18-11-14(20)10-9-13(18)2/h6-12,17H,5H2,1-4H3,(H,21,23). The minimum atomic E-state index is -3.73. The number of carbonyl (C=O) groups excluding carboxylic acids is 1. The summed E-state index contributed by atoms with van der Waals surface area (Å²) in [6.07, 6.45) is 1.36. The molecule has 27 heavy (non-hydrogen) atoms. The molecule has 146 valence electrons. The molecule has 0 radical (unpaired) electrons. The van der Waals surface area contributed by atoms with Crippen LogP contribution in [0.1, 0.15) is 18.9 Å². The highest BCUT2D eigenvalue weighted by Gasteiger charge is 2.32. The summed E-state index contributed by atoms with van der Waals surface area (Å²) in [5.74, 6) is 0.155. The molecule has 6 nitrogen and oxygen atoms in total. The fourth-order valence-electron chi connectivity index (χ4n) is 2.78. The Labute approximate surface area is 165 Å². The van der Waals surface area contributed by atoms with Gasteiger partial charge in [-0.05, 0) is 43.2 Å². The predicted molar refractivity (Wildman–Crippen MR) is 109 cm³/mol. The molecule has 2 rings (SSSR count). The van der Waals surface area contributed by atoms with E-state index >= 15 is 0 Å². The van der Waals surface area contributed by atoms with Gasteiger partial charge in [-0.25, -0.2) is 8.42 Å². The molecule has 1 N–H and O–H groups in total. The first kappa shape index (κ1) is 21.1. The SMILES string of the molecule is CCC(C(=O)Nc1cccc(OC)c1)N(c1cc(Cl)ccc1C)S(C)(=O)=O. The summed E-state index contributed by atoms with van der Waals surface area (Å²) in [7, 11) is -2.20. The summed E-state index contributed by atoms with van der Waals surface area (Å²) in [5, 5.41) is 3.16. The Morgan fingerprint density at radius 2 is 1.96 bits per heavy atom. The van der Waals surface area contributed by atoms with Crippen molar-refractivity contribution in [1.82, 2.24) is 0 Å². The van der Waals surface area contributed by atoms with E-state index in [0.29, 0.717) is 27.7 Å². The van der Waals surface area contributed by atoms with E-state index in [0.717, 1.165) is 10.6 Å². The molecule has 1 atom stereocenters. The first-order valence-corrected chi connectivity index (χ1v) is 10.6. The number of hydrogen-bond acceptors (Lipinski definition) is 4. The number of nitrogens with one attached hydrogen (secondary N) is 1. The van der Waals surface area contributed by atoms with Crippen LogP contribution in [0.5, 0.6) is 5.75 Å². The Bertz CT molecular complexity index is 931. The zero-order chi connectivity index (χ0) is 20.2. The van der Waals surface area contributed by atoms with Crippen molar-refractivity contribution >= 4 is 38.9 Å². The van der Waals surface area contributed by atoms with Crippen LogP contribution in [0, 0.1) is 6.92 Å². The molecule has 0 aliphatic rings. The molecule has 1 unspecified atom stereocenters. The molecular weight excluding hydrogens is 388 g/mol. The van der Waals surface area contributed by atoms with Crippen LogP contribution in [0.4, 0.5) is 11.4 Å². The number of anilines is 2. The Hall–Kier alpha value is -2.25. The van der Waals surface area contributed by atoms with Gasteiger partial charge in [-0.15, -0.1) is 0 Å². The normalized spacial score (nSPS) is 12.3. The van der Waals surface area contributed by atoms with Gasteiger partial charge in [0.25, 0.3) is 0 Å². The van der Waals surface area contributed by atoms with E-state index in [1.165, 1.54) is 7.11 Å². The number of halogens is 1. The van der Waals surface area contributed by atoms with Crippen LogP contribution >= 0.6 is 11.6 Å². The molecule has 8 heteroatoms. The second kappa shape index (κ2) is 8.63. The summed E-state index contributed by atoms with van der Waals surface area (Å²) >= 11 is 6.07. The van der Waals surface area contributed by atoms with Crippen molar-refractivity contribution in [1.29, 1.82) is 0 Å². The number of sulfonamides is 1. The molecule has 0 aliphatic heterocycles. The zero-order valence-corrected chi connectivity index (χ0v) is 17.3. The largest absolute Gasteiger partial charge is 0.497 e.